The monoisotopic (exact) mass is 374 g/mol. The van der Waals surface area contributed by atoms with Crippen LogP contribution in [0, 0.1) is 0 Å². The predicted molar refractivity (Wildman–Crippen MR) is 98.1 cm³/mol. The van der Waals surface area contributed by atoms with Crippen LogP contribution in [0.15, 0.2) is 45.6 Å². The maximum absolute atomic E-state index is 12.5. The Labute approximate surface area is 150 Å². The third-order valence-electron chi connectivity index (χ3n) is 4.84. The molecule has 2 aromatic carbocycles. The molecule has 3 aromatic rings. The second kappa shape index (κ2) is 6.32. The van der Waals surface area contributed by atoms with Gasteiger partial charge in [-0.15, -0.1) is 0 Å². The smallest absolute Gasteiger partial charge is 0.344 e. The van der Waals surface area contributed by atoms with Crippen molar-refractivity contribution in [2.24, 2.45) is 0 Å². The minimum atomic E-state index is -3.72. The van der Waals surface area contributed by atoms with Gasteiger partial charge in [-0.3, -0.25) is 0 Å². The van der Waals surface area contributed by atoms with Crippen LogP contribution in [0.4, 0.5) is 0 Å². The van der Waals surface area contributed by atoms with Crippen molar-refractivity contribution in [3.63, 3.8) is 0 Å². The molecule has 0 aliphatic heterocycles. The predicted octanol–water partition coefficient (Wildman–Crippen LogP) is 3.69. The second-order valence-electron chi connectivity index (χ2n) is 6.61. The number of fused-ring (bicyclic) bond motifs is 3. The topological polar surface area (TPSA) is 93.8 Å². The summed E-state index contributed by atoms with van der Waals surface area (Å²) in [5.41, 5.74) is -0.361. The SMILES string of the molecule is O=c1oc2cc(OS(=O)(=O)C3CCCCC3)ccc2c2ccc(O)cc12. The van der Waals surface area contributed by atoms with Gasteiger partial charge in [0.2, 0.25) is 0 Å². The zero-order valence-corrected chi connectivity index (χ0v) is 14.8. The van der Waals surface area contributed by atoms with Crippen LogP contribution in [0.5, 0.6) is 11.5 Å². The highest BCUT2D eigenvalue weighted by atomic mass is 32.2. The lowest BCUT2D eigenvalue weighted by molar-refractivity contribution is 0.429. The fraction of sp³-hybridized carbons (Fsp3) is 0.316. The lowest BCUT2D eigenvalue weighted by Crippen LogP contribution is -2.28. The first-order valence-corrected chi connectivity index (χ1v) is 10.0. The Hall–Kier alpha value is -2.54. The Kier molecular flexibility index (Phi) is 4.11. The third kappa shape index (κ3) is 3.03. The van der Waals surface area contributed by atoms with Gasteiger partial charge in [0.1, 0.15) is 17.1 Å². The van der Waals surface area contributed by atoms with E-state index >= 15 is 0 Å². The van der Waals surface area contributed by atoms with Crippen molar-refractivity contribution in [3.05, 3.63) is 46.8 Å². The zero-order valence-electron chi connectivity index (χ0n) is 14.0. The molecule has 0 spiro atoms. The lowest BCUT2D eigenvalue weighted by Gasteiger charge is -2.21. The first-order chi connectivity index (χ1) is 12.4. The summed E-state index contributed by atoms with van der Waals surface area (Å²) < 4.78 is 35.5. The molecule has 26 heavy (non-hydrogen) atoms. The van der Waals surface area contributed by atoms with Crippen LogP contribution in [0.1, 0.15) is 32.1 Å². The summed E-state index contributed by atoms with van der Waals surface area (Å²) in [6, 6.07) is 9.09. The van der Waals surface area contributed by atoms with E-state index in [1.807, 2.05) is 0 Å². The Bertz CT molecular complexity index is 1140. The average Bonchev–Trinajstić information content (AvgIpc) is 2.62. The van der Waals surface area contributed by atoms with Crippen molar-refractivity contribution in [2.45, 2.75) is 37.4 Å². The summed E-state index contributed by atoms with van der Waals surface area (Å²) in [5.74, 6) is 0.104. The molecule has 1 N–H and O–H groups in total. The molecule has 1 saturated carbocycles. The van der Waals surface area contributed by atoms with E-state index in [0.29, 0.717) is 23.6 Å². The van der Waals surface area contributed by atoms with E-state index in [9.17, 15) is 18.3 Å². The minimum absolute atomic E-state index is 0.0253. The molecule has 0 amide bonds. The van der Waals surface area contributed by atoms with Gasteiger partial charge in [-0.2, -0.15) is 8.42 Å². The van der Waals surface area contributed by atoms with Gasteiger partial charge >= 0.3 is 15.7 Å². The van der Waals surface area contributed by atoms with Crippen LogP contribution in [0.25, 0.3) is 21.7 Å². The lowest BCUT2D eigenvalue weighted by atomic mass is 10.0. The molecular weight excluding hydrogens is 356 g/mol. The van der Waals surface area contributed by atoms with E-state index in [2.05, 4.69) is 0 Å². The van der Waals surface area contributed by atoms with Crippen LogP contribution in [0.3, 0.4) is 0 Å². The Morgan fingerprint density at radius 1 is 0.962 bits per heavy atom. The summed E-state index contributed by atoms with van der Waals surface area (Å²) >= 11 is 0. The van der Waals surface area contributed by atoms with Crippen LogP contribution in [-0.2, 0) is 10.1 Å². The Morgan fingerprint density at radius 3 is 2.46 bits per heavy atom. The number of phenols is 1. The minimum Gasteiger partial charge on any atom is -0.508 e. The van der Waals surface area contributed by atoms with Gasteiger partial charge in [-0.05, 0) is 43.2 Å². The Morgan fingerprint density at radius 2 is 1.69 bits per heavy atom. The van der Waals surface area contributed by atoms with Gasteiger partial charge in [0.05, 0.1) is 10.6 Å². The van der Waals surface area contributed by atoms with Gasteiger partial charge in [0.25, 0.3) is 0 Å². The Balaban J connectivity index is 1.75. The average molecular weight is 374 g/mol. The molecular formula is C19H18O6S. The first kappa shape index (κ1) is 16.9. The first-order valence-electron chi connectivity index (χ1n) is 8.57. The molecule has 1 fully saturated rings. The van der Waals surface area contributed by atoms with E-state index in [1.54, 1.807) is 18.2 Å². The van der Waals surface area contributed by atoms with Crippen LogP contribution >= 0.6 is 0 Å². The number of hydrogen-bond acceptors (Lipinski definition) is 6. The van der Waals surface area contributed by atoms with Crippen molar-refractivity contribution in [2.75, 3.05) is 0 Å². The molecule has 7 heteroatoms. The molecule has 136 valence electrons. The molecule has 0 bridgehead atoms. The van der Waals surface area contributed by atoms with E-state index < -0.39 is 21.0 Å². The molecule has 0 radical (unpaired) electrons. The molecule has 1 aromatic heterocycles. The van der Waals surface area contributed by atoms with Gasteiger partial charge in [0, 0.05) is 16.8 Å². The van der Waals surface area contributed by atoms with Gasteiger partial charge in [-0.1, -0.05) is 19.3 Å². The maximum atomic E-state index is 12.5. The maximum Gasteiger partial charge on any atom is 0.344 e. The number of benzene rings is 2. The molecule has 1 aliphatic carbocycles. The molecule has 6 nitrogen and oxygen atoms in total. The van der Waals surface area contributed by atoms with Crippen LogP contribution in [0.2, 0.25) is 0 Å². The van der Waals surface area contributed by atoms with E-state index in [0.717, 1.165) is 19.3 Å². The summed E-state index contributed by atoms with van der Waals surface area (Å²) in [6.45, 7) is 0. The summed E-state index contributed by atoms with van der Waals surface area (Å²) in [4.78, 5) is 12.2. The summed E-state index contributed by atoms with van der Waals surface area (Å²) in [6.07, 6.45) is 4.05. The highest BCUT2D eigenvalue weighted by Crippen LogP contribution is 2.30. The number of phenolic OH excluding ortho intramolecular Hbond substituents is 1. The number of hydrogen-bond donors (Lipinski definition) is 1. The largest absolute Gasteiger partial charge is 0.508 e. The van der Waals surface area contributed by atoms with E-state index in [-0.39, 0.29) is 22.5 Å². The highest BCUT2D eigenvalue weighted by molar-refractivity contribution is 7.87. The number of aromatic hydroxyl groups is 1. The molecule has 1 aliphatic rings. The second-order valence-corrected chi connectivity index (χ2v) is 8.43. The van der Waals surface area contributed by atoms with Gasteiger partial charge in [0.15, 0.2) is 0 Å². The van der Waals surface area contributed by atoms with Crippen molar-refractivity contribution in [1.82, 2.24) is 0 Å². The molecule has 0 atom stereocenters. The highest BCUT2D eigenvalue weighted by Gasteiger charge is 2.29. The fourth-order valence-corrected chi connectivity index (χ4v) is 4.93. The van der Waals surface area contributed by atoms with Crippen LogP contribution in [-0.4, -0.2) is 18.8 Å². The summed E-state index contributed by atoms with van der Waals surface area (Å²) in [5, 5.41) is 10.6. The standard InChI is InChI=1S/C19H18O6S/c20-12-6-8-15-16-9-7-13(11-18(16)24-19(21)17(15)10-12)25-26(22,23)14-4-2-1-3-5-14/h6-11,14,20H,1-5H2. The van der Waals surface area contributed by atoms with Crippen molar-refractivity contribution in [1.29, 1.82) is 0 Å². The molecule has 1 heterocycles. The fourth-order valence-electron chi connectivity index (χ4n) is 3.51. The summed E-state index contributed by atoms with van der Waals surface area (Å²) in [7, 11) is -3.72. The van der Waals surface area contributed by atoms with Gasteiger partial charge in [-0.25, -0.2) is 4.79 Å². The number of rotatable bonds is 3. The quantitative estimate of drug-likeness (QED) is 0.427. The van der Waals surface area contributed by atoms with Gasteiger partial charge < -0.3 is 13.7 Å². The van der Waals surface area contributed by atoms with Crippen LogP contribution < -0.4 is 9.81 Å². The molecule has 0 saturated heterocycles. The molecule has 4 rings (SSSR count). The third-order valence-corrected chi connectivity index (χ3v) is 6.55. The van der Waals surface area contributed by atoms with Crippen molar-refractivity contribution < 1.29 is 22.1 Å². The zero-order chi connectivity index (χ0) is 18.3. The van der Waals surface area contributed by atoms with Crippen molar-refractivity contribution in [3.8, 4) is 11.5 Å². The van der Waals surface area contributed by atoms with E-state index in [1.165, 1.54) is 18.2 Å². The van der Waals surface area contributed by atoms with E-state index in [4.69, 9.17) is 8.60 Å². The molecule has 0 unspecified atom stereocenters. The normalized spacial score (nSPS) is 16.2. The van der Waals surface area contributed by atoms with Crippen molar-refractivity contribution >= 4 is 31.9 Å².